The Morgan fingerprint density at radius 3 is 2.34 bits per heavy atom. The fourth-order valence-corrected chi connectivity index (χ4v) is 3.34. The number of hydrogen-bond acceptors (Lipinski definition) is 5. The van der Waals surface area contributed by atoms with E-state index in [0.29, 0.717) is 25.7 Å². The second-order valence-corrected chi connectivity index (χ2v) is 8.86. The summed E-state index contributed by atoms with van der Waals surface area (Å²) >= 11 is 0. The van der Waals surface area contributed by atoms with E-state index in [1.165, 1.54) is 0 Å². The van der Waals surface area contributed by atoms with E-state index in [1.807, 2.05) is 27.7 Å². The molecule has 0 aromatic heterocycles. The van der Waals surface area contributed by atoms with Gasteiger partial charge in [-0.2, -0.15) is 0 Å². The third kappa shape index (κ3) is 9.85. The van der Waals surface area contributed by atoms with E-state index in [0.717, 1.165) is 31.6 Å². The summed E-state index contributed by atoms with van der Waals surface area (Å²) in [5, 5.41) is 6.77. The van der Waals surface area contributed by atoms with Crippen molar-refractivity contribution >= 4 is 18.0 Å². The number of carbonyl (C=O) groups is 2. The Kier molecular flexibility index (Phi) is 10.3. The minimum absolute atomic E-state index is 0.0198. The number of hydrogen-bond donors (Lipinski definition) is 2. The van der Waals surface area contributed by atoms with Crippen LogP contribution in [0.3, 0.4) is 0 Å². The SMILES string of the molecule is CCOC(=O)C1CCC(NC(=NC)NCC(C)CN(C)C(=O)OC(C)(C)C)CC1. The summed E-state index contributed by atoms with van der Waals surface area (Å²) in [6, 6.07) is 0.298. The molecule has 1 fully saturated rings. The van der Waals surface area contributed by atoms with Gasteiger partial charge in [-0.1, -0.05) is 6.92 Å². The minimum Gasteiger partial charge on any atom is -0.466 e. The van der Waals surface area contributed by atoms with Crippen LogP contribution in [0.1, 0.15) is 60.3 Å². The molecule has 0 bridgehead atoms. The van der Waals surface area contributed by atoms with Crippen molar-refractivity contribution in [3.8, 4) is 0 Å². The van der Waals surface area contributed by atoms with Crippen molar-refractivity contribution in [1.29, 1.82) is 0 Å². The number of esters is 1. The maximum atomic E-state index is 12.1. The first-order valence-corrected chi connectivity index (χ1v) is 10.6. The van der Waals surface area contributed by atoms with Gasteiger partial charge in [-0.25, -0.2) is 4.79 Å². The number of guanidine groups is 1. The Bertz CT molecular complexity index is 551. The van der Waals surface area contributed by atoms with E-state index in [9.17, 15) is 9.59 Å². The number of rotatable bonds is 7. The normalized spacial score (nSPS) is 21.1. The number of amides is 1. The lowest BCUT2D eigenvalue weighted by Crippen LogP contribution is -2.47. The number of ether oxygens (including phenoxy) is 2. The zero-order valence-corrected chi connectivity index (χ0v) is 19.2. The molecule has 29 heavy (non-hydrogen) atoms. The van der Waals surface area contributed by atoms with Crippen LogP contribution in [0.25, 0.3) is 0 Å². The van der Waals surface area contributed by atoms with Crippen LogP contribution in [0.2, 0.25) is 0 Å². The lowest BCUT2D eigenvalue weighted by atomic mass is 9.86. The second kappa shape index (κ2) is 11.9. The van der Waals surface area contributed by atoms with Crippen molar-refractivity contribution in [3.63, 3.8) is 0 Å². The zero-order valence-electron chi connectivity index (χ0n) is 19.2. The summed E-state index contributed by atoms with van der Waals surface area (Å²) in [6.07, 6.45) is 3.20. The minimum atomic E-state index is -0.495. The fraction of sp³-hybridized carbons (Fsp3) is 0.857. The molecule has 0 aromatic carbocycles. The van der Waals surface area contributed by atoms with Gasteiger partial charge in [-0.05, 0) is 59.3 Å². The van der Waals surface area contributed by atoms with E-state index >= 15 is 0 Å². The first-order chi connectivity index (χ1) is 13.6. The molecule has 168 valence electrons. The van der Waals surface area contributed by atoms with Crippen molar-refractivity contribution in [3.05, 3.63) is 0 Å². The summed E-state index contributed by atoms with van der Waals surface area (Å²) < 4.78 is 10.5. The first-order valence-electron chi connectivity index (χ1n) is 10.6. The van der Waals surface area contributed by atoms with Gasteiger partial charge in [0.05, 0.1) is 12.5 Å². The van der Waals surface area contributed by atoms with E-state index in [2.05, 4.69) is 22.5 Å². The molecule has 1 saturated carbocycles. The lowest BCUT2D eigenvalue weighted by Gasteiger charge is -2.29. The lowest BCUT2D eigenvalue weighted by molar-refractivity contribution is -0.149. The van der Waals surface area contributed by atoms with Crippen LogP contribution in [-0.2, 0) is 14.3 Å². The van der Waals surface area contributed by atoms with Gasteiger partial charge in [0.2, 0.25) is 0 Å². The highest BCUT2D eigenvalue weighted by Gasteiger charge is 2.27. The van der Waals surface area contributed by atoms with E-state index in [1.54, 1.807) is 19.0 Å². The number of nitrogens with one attached hydrogen (secondary N) is 2. The topological polar surface area (TPSA) is 92.3 Å². The Hall–Kier alpha value is -1.99. The fourth-order valence-electron chi connectivity index (χ4n) is 3.34. The largest absolute Gasteiger partial charge is 0.466 e. The van der Waals surface area contributed by atoms with Crippen LogP contribution in [-0.4, -0.2) is 68.4 Å². The Labute approximate surface area is 175 Å². The van der Waals surface area contributed by atoms with Crippen molar-refractivity contribution in [2.24, 2.45) is 16.8 Å². The molecule has 0 aliphatic heterocycles. The Balaban J connectivity index is 2.35. The Morgan fingerprint density at radius 1 is 1.21 bits per heavy atom. The third-order valence-corrected chi connectivity index (χ3v) is 4.82. The molecular weight excluding hydrogens is 372 g/mol. The predicted octanol–water partition coefficient (Wildman–Crippen LogP) is 2.78. The van der Waals surface area contributed by atoms with Gasteiger partial charge in [-0.3, -0.25) is 9.79 Å². The van der Waals surface area contributed by atoms with Crippen LogP contribution in [0.5, 0.6) is 0 Å². The van der Waals surface area contributed by atoms with Crippen LogP contribution < -0.4 is 10.6 Å². The molecule has 1 aliphatic rings. The van der Waals surface area contributed by atoms with Gasteiger partial charge in [0.25, 0.3) is 0 Å². The maximum absolute atomic E-state index is 12.1. The van der Waals surface area contributed by atoms with Crippen molar-refractivity contribution in [2.45, 2.75) is 71.9 Å². The summed E-state index contributed by atoms with van der Waals surface area (Å²) in [5.74, 6) is 0.921. The summed E-state index contributed by atoms with van der Waals surface area (Å²) in [7, 11) is 3.50. The summed E-state index contributed by atoms with van der Waals surface area (Å²) in [5.41, 5.74) is -0.495. The molecule has 2 N–H and O–H groups in total. The molecule has 1 amide bonds. The van der Waals surface area contributed by atoms with Crippen LogP contribution in [0.15, 0.2) is 4.99 Å². The van der Waals surface area contributed by atoms with E-state index in [4.69, 9.17) is 9.47 Å². The predicted molar refractivity (Wildman–Crippen MR) is 115 cm³/mol. The van der Waals surface area contributed by atoms with Gasteiger partial charge in [-0.15, -0.1) is 0 Å². The standard InChI is InChI=1S/C21H40N4O4/c1-8-28-18(26)16-9-11-17(12-10-16)24-19(22-6)23-13-15(2)14-25(7)20(27)29-21(3,4)5/h15-17H,8-14H2,1-7H3,(H2,22,23,24). The molecule has 0 radical (unpaired) electrons. The van der Waals surface area contributed by atoms with Crippen LogP contribution in [0, 0.1) is 11.8 Å². The smallest absolute Gasteiger partial charge is 0.410 e. The zero-order chi connectivity index (χ0) is 22.0. The highest BCUT2D eigenvalue weighted by atomic mass is 16.6. The molecule has 0 spiro atoms. The van der Waals surface area contributed by atoms with Gasteiger partial charge in [0, 0.05) is 33.2 Å². The van der Waals surface area contributed by atoms with Crippen LogP contribution >= 0.6 is 0 Å². The molecule has 1 rings (SSSR count). The van der Waals surface area contributed by atoms with E-state index < -0.39 is 5.60 Å². The molecule has 1 aliphatic carbocycles. The van der Waals surface area contributed by atoms with Gasteiger partial charge in [0.1, 0.15) is 5.60 Å². The molecular formula is C21H40N4O4. The Morgan fingerprint density at radius 2 is 1.83 bits per heavy atom. The summed E-state index contributed by atoms with van der Waals surface area (Å²) in [4.78, 5) is 29.8. The van der Waals surface area contributed by atoms with Gasteiger partial charge < -0.3 is 25.0 Å². The number of carbonyl (C=O) groups excluding carboxylic acids is 2. The van der Waals surface area contributed by atoms with Crippen molar-refractivity contribution in [1.82, 2.24) is 15.5 Å². The quantitative estimate of drug-likeness (QED) is 0.379. The maximum Gasteiger partial charge on any atom is 0.410 e. The highest BCUT2D eigenvalue weighted by molar-refractivity contribution is 5.80. The first kappa shape index (κ1) is 25.0. The number of nitrogens with zero attached hydrogens (tertiary/aromatic N) is 2. The molecule has 8 heteroatoms. The molecule has 0 saturated heterocycles. The molecule has 1 unspecified atom stereocenters. The molecule has 1 atom stereocenters. The monoisotopic (exact) mass is 412 g/mol. The third-order valence-electron chi connectivity index (χ3n) is 4.82. The van der Waals surface area contributed by atoms with Gasteiger partial charge >= 0.3 is 12.1 Å². The summed E-state index contributed by atoms with van der Waals surface area (Å²) in [6.45, 7) is 11.2. The number of aliphatic imine (C=N–C) groups is 1. The second-order valence-electron chi connectivity index (χ2n) is 8.86. The van der Waals surface area contributed by atoms with Crippen LogP contribution in [0.4, 0.5) is 4.79 Å². The molecule has 0 heterocycles. The van der Waals surface area contributed by atoms with Crippen molar-refractivity contribution in [2.75, 3.05) is 33.8 Å². The van der Waals surface area contributed by atoms with Gasteiger partial charge in [0.15, 0.2) is 5.96 Å². The molecule has 8 nitrogen and oxygen atoms in total. The average Bonchev–Trinajstić information content (AvgIpc) is 2.64. The van der Waals surface area contributed by atoms with E-state index in [-0.39, 0.29) is 23.9 Å². The van der Waals surface area contributed by atoms with Crippen molar-refractivity contribution < 1.29 is 19.1 Å². The highest BCUT2D eigenvalue weighted by Crippen LogP contribution is 2.25. The molecule has 0 aromatic rings. The average molecular weight is 413 g/mol.